The zero-order chi connectivity index (χ0) is 16.1. The van der Waals surface area contributed by atoms with Crippen LogP contribution in [0.15, 0.2) is 24.3 Å². The summed E-state index contributed by atoms with van der Waals surface area (Å²) in [7, 11) is -4.67. The van der Waals surface area contributed by atoms with E-state index in [4.69, 9.17) is 17.5 Å². The second-order valence-corrected chi connectivity index (χ2v) is 5.84. The Morgan fingerprint density at radius 2 is 1.36 bits per heavy atom. The van der Waals surface area contributed by atoms with E-state index in [0.717, 1.165) is 12.0 Å². The first kappa shape index (κ1) is 24.1. The third kappa shape index (κ3) is 17.9. The number of hydrogen-bond donors (Lipinski definition) is 3. The van der Waals surface area contributed by atoms with Crippen molar-refractivity contribution < 1.29 is 22.6 Å². The van der Waals surface area contributed by atoms with Gasteiger partial charge in [-0.05, 0) is 24.5 Å². The fourth-order valence-corrected chi connectivity index (χ4v) is 1.99. The Hall–Kier alpha value is -0.110. The van der Waals surface area contributed by atoms with Crippen molar-refractivity contribution in [1.29, 1.82) is 0 Å². The Kier molecular flexibility index (Phi) is 15.9. The van der Waals surface area contributed by atoms with Crippen molar-refractivity contribution >= 4 is 40.0 Å². The summed E-state index contributed by atoms with van der Waals surface area (Å²) >= 11 is 0. The zero-order valence-corrected chi connectivity index (χ0v) is 13.3. The zero-order valence-electron chi connectivity index (χ0n) is 12.5. The summed E-state index contributed by atoms with van der Waals surface area (Å²) in [4.78, 5) is 0. The van der Waals surface area contributed by atoms with Gasteiger partial charge in [0.25, 0.3) is 0 Å². The molecule has 0 bridgehead atoms. The average Bonchev–Trinajstić information content (AvgIpc) is 2.38. The molecule has 7 heteroatoms. The summed E-state index contributed by atoms with van der Waals surface area (Å²) < 4.78 is 31.6. The summed E-state index contributed by atoms with van der Waals surface area (Å²) in [6, 6.07) is 7.67. The van der Waals surface area contributed by atoms with Gasteiger partial charge in [0.1, 0.15) is 5.75 Å². The summed E-state index contributed by atoms with van der Waals surface area (Å²) in [5.74, 6) is 0.452. The standard InChI is InChI=1S/C15H24O.Na.H2O4S.H/c1-2-3-4-5-6-7-8-11-14-12-9-10-13-15(14)16;;1-5(2,3)4;/h9-10,12-13,16H,2-8,11H2,1H3;;(H2,1,2,3,4);. The number of hydrogen-bond acceptors (Lipinski definition) is 3. The topological polar surface area (TPSA) is 94.8 Å². The van der Waals surface area contributed by atoms with E-state index in [9.17, 15) is 5.11 Å². The number of unbranched alkanes of at least 4 members (excludes halogenated alkanes) is 6. The van der Waals surface area contributed by atoms with Gasteiger partial charge in [-0.25, -0.2) is 0 Å². The summed E-state index contributed by atoms with van der Waals surface area (Å²) in [5.41, 5.74) is 1.09. The molecule has 1 aromatic rings. The van der Waals surface area contributed by atoms with Crippen LogP contribution >= 0.6 is 0 Å². The van der Waals surface area contributed by atoms with Crippen molar-refractivity contribution in [2.24, 2.45) is 0 Å². The molecule has 0 saturated carbocycles. The Morgan fingerprint density at radius 3 is 1.86 bits per heavy atom. The van der Waals surface area contributed by atoms with Crippen LogP contribution in [0.25, 0.3) is 0 Å². The van der Waals surface area contributed by atoms with E-state index in [0.29, 0.717) is 5.75 Å². The fraction of sp³-hybridized carbons (Fsp3) is 0.600. The minimum absolute atomic E-state index is 0. The molecule has 0 amide bonds. The van der Waals surface area contributed by atoms with Crippen molar-refractivity contribution in [3.63, 3.8) is 0 Å². The molecule has 0 atom stereocenters. The predicted molar refractivity (Wildman–Crippen MR) is 91.1 cm³/mol. The van der Waals surface area contributed by atoms with E-state index in [-0.39, 0.29) is 29.6 Å². The Labute approximate surface area is 156 Å². The Morgan fingerprint density at radius 1 is 0.909 bits per heavy atom. The van der Waals surface area contributed by atoms with E-state index >= 15 is 0 Å². The molecule has 124 valence electrons. The molecular weight excluding hydrogens is 315 g/mol. The van der Waals surface area contributed by atoms with Crippen LogP contribution in [0.4, 0.5) is 0 Å². The van der Waals surface area contributed by atoms with Crippen molar-refractivity contribution in [1.82, 2.24) is 0 Å². The molecule has 0 aromatic heterocycles. The molecule has 3 N–H and O–H groups in total. The molecule has 0 unspecified atom stereocenters. The Balaban J connectivity index is 0. The van der Waals surface area contributed by atoms with Gasteiger partial charge >= 0.3 is 40.0 Å². The minimum atomic E-state index is -4.67. The van der Waals surface area contributed by atoms with Crippen LogP contribution in [0.2, 0.25) is 0 Å². The van der Waals surface area contributed by atoms with Crippen LogP contribution in [-0.4, -0.2) is 52.2 Å². The van der Waals surface area contributed by atoms with Gasteiger partial charge in [0.05, 0.1) is 0 Å². The first-order chi connectivity index (χ1) is 9.84. The SMILES string of the molecule is CCCCCCCCCc1ccccc1O.O=S(=O)(O)O.[NaH]. The third-order valence-electron chi connectivity index (χ3n) is 3.04. The van der Waals surface area contributed by atoms with Crippen molar-refractivity contribution in [2.45, 2.75) is 58.3 Å². The van der Waals surface area contributed by atoms with Crippen molar-refractivity contribution in [3.8, 4) is 5.75 Å². The first-order valence-electron chi connectivity index (χ1n) is 7.31. The molecule has 0 aliphatic carbocycles. The van der Waals surface area contributed by atoms with Crippen LogP contribution in [0.3, 0.4) is 0 Å². The molecule has 22 heavy (non-hydrogen) atoms. The van der Waals surface area contributed by atoms with Gasteiger partial charge < -0.3 is 5.11 Å². The first-order valence-corrected chi connectivity index (χ1v) is 8.71. The number of phenols is 1. The third-order valence-corrected chi connectivity index (χ3v) is 3.04. The van der Waals surface area contributed by atoms with E-state index in [1.54, 1.807) is 6.07 Å². The number of aryl methyl sites for hydroxylation is 1. The van der Waals surface area contributed by atoms with Gasteiger partial charge in [-0.2, -0.15) is 8.42 Å². The molecule has 0 radical (unpaired) electrons. The summed E-state index contributed by atoms with van der Waals surface area (Å²) in [6.45, 7) is 2.25. The van der Waals surface area contributed by atoms with Crippen LogP contribution in [0.5, 0.6) is 5.75 Å². The van der Waals surface area contributed by atoms with E-state index < -0.39 is 10.4 Å². The van der Waals surface area contributed by atoms with E-state index in [1.165, 1.54) is 44.9 Å². The fourth-order valence-electron chi connectivity index (χ4n) is 1.99. The second-order valence-electron chi connectivity index (χ2n) is 4.95. The second kappa shape index (κ2) is 14.5. The maximum absolute atomic E-state index is 9.58. The van der Waals surface area contributed by atoms with E-state index in [1.807, 2.05) is 18.2 Å². The average molecular weight is 342 g/mol. The number of benzene rings is 1. The van der Waals surface area contributed by atoms with Crippen LogP contribution in [-0.2, 0) is 16.8 Å². The molecule has 5 nitrogen and oxygen atoms in total. The maximum atomic E-state index is 9.58. The van der Waals surface area contributed by atoms with E-state index in [2.05, 4.69) is 6.92 Å². The number of phenolic OH excluding ortho intramolecular Hbond substituents is 1. The van der Waals surface area contributed by atoms with Gasteiger partial charge in [-0.1, -0.05) is 63.6 Å². The van der Waals surface area contributed by atoms with Crippen molar-refractivity contribution in [3.05, 3.63) is 29.8 Å². The summed E-state index contributed by atoms with van der Waals surface area (Å²) in [5, 5.41) is 9.58. The molecule has 0 aliphatic rings. The van der Waals surface area contributed by atoms with Gasteiger partial charge in [0, 0.05) is 0 Å². The molecular formula is C15H27NaO5S. The number of aromatic hydroxyl groups is 1. The summed E-state index contributed by atoms with van der Waals surface area (Å²) in [6.07, 6.45) is 10.3. The number of para-hydroxylation sites is 1. The molecule has 0 aliphatic heterocycles. The van der Waals surface area contributed by atoms with Gasteiger partial charge in [0.15, 0.2) is 0 Å². The van der Waals surface area contributed by atoms with Crippen LogP contribution < -0.4 is 0 Å². The molecule has 0 saturated heterocycles. The predicted octanol–water partition coefficient (Wildman–Crippen LogP) is 3.38. The molecule has 1 rings (SSSR count). The van der Waals surface area contributed by atoms with Crippen LogP contribution in [0.1, 0.15) is 57.4 Å². The van der Waals surface area contributed by atoms with Gasteiger partial charge in [0.2, 0.25) is 0 Å². The van der Waals surface area contributed by atoms with Crippen LogP contribution in [0, 0.1) is 0 Å². The Bertz CT molecular complexity index is 469. The molecule has 0 spiro atoms. The van der Waals surface area contributed by atoms with Crippen molar-refractivity contribution in [2.75, 3.05) is 0 Å². The number of rotatable bonds is 8. The normalized spacial score (nSPS) is 10.3. The molecule has 0 heterocycles. The van der Waals surface area contributed by atoms with Gasteiger partial charge in [-0.3, -0.25) is 9.11 Å². The van der Waals surface area contributed by atoms with Gasteiger partial charge in [-0.15, -0.1) is 0 Å². The molecule has 1 aromatic carbocycles. The molecule has 0 fully saturated rings. The quantitative estimate of drug-likeness (QED) is 0.382. The monoisotopic (exact) mass is 342 g/mol.